The number of fused-ring (bicyclic) bond motifs is 1. The molecule has 5 rings (SSSR count). The molecule has 1 aromatic carbocycles. The first kappa shape index (κ1) is 18.7. The van der Waals surface area contributed by atoms with Crippen molar-refractivity contribution in [1.82, 2.24) is 10.2 Å². The lowest BCUT2D eigenvalue weighted by Crippen LogP contribution is -2.45. The van der Waals surface area contributed by atoms with E-state index in [0.29, 0.717) is 19.1 Å². The summed E-state index contributed by atoms with van der Waals surface area (Å²) in [6, 6.07) is 8.17. The minimum absolute atomic E-state index is 0.0682. The van der Waals surface area contributed by atoms with E-state index in [0.717, 1.165) is 30.6 Å². The molecule has 29 heavy (non-hydrogen) atoms. The third-order valence-electron chi connectivity index (χ3n) is 7.07. The van der Waals surface area contributed by atoms with Gasteiger partial charge in [0.15, 0.2) is 0 Å². The van der Waals surface area contributed by atoms with Crippen molar-refractivity contribution in [3.05, 3.63) is 42.0 Å². The topological polar surface area (TPSA) is 67.9 Å². The zero-order valence-electron chi connectivity index (χ0n) is 16.8. The molecule has 154 valence electrons. The molecule has 1 N–H and O–H groups in total. The van der Waals surface area contributed by atoms with Gasteiger partial charge in [-0.2, -0.15) is 0 Å². The fourth-order valence-electron chi connectivity index (χ4n) is 5.59. The van der Waals surface area contributed by atoms with Gasteiger partial charge in [0.25, 0.3) is 0 Å². The predicted octanol–water partition coefficient (Wildman–Crippen LogP) is 2.08. The fourth-order valence-corrected chi connectivity index (χ4v) is 5.59. The first-order valence-corrected chi connectivity index (χ1v) is 10.7. The molecule has 2 amide bonds. The Labute approximate surface area is 171 Å². The van der Waals surface area contributed by atoms with E-state index >= 15 is 0 Å². The molecule has 3 aliphatic heterocycles. The van der Waals surface area contributed by atoms with Gasteiger partial charge in [-0.1, -0.05) is 37.1 Å². The normalized spacial score (nSPS) is 32.8. The Balaban J connectivity index is 1.24. The summed E-state index contributed by atoms with van der Waals surface area (Å²) in [7, 11) is 1.64. The number of carbonyl (C=O) groups is 2. The van der Waals surface area contributed by atoms with Crippen molar-refractivity contribution >= 4 is 11.8 Å². The van der Waals surface area contributed by atoms with E-state index in [1.807, 2.05) is 41.3 Å². The van der Waals surface area contributed by atoms with E-state index in [-0.39, 0.29) is 23.8 Å². The number of nitrogens with zero attached hydrogens (tertiary/aromatic N) is 1. The minimum atomic E-state index is -0.595. The SMILES string of the molecule is COc1ccc(CCNC(=O)[C@H]2[C@@H]3C=C[C@]4(CN(C5CCCC5)C(=O)[C@@H]24)O3)cc1. The van der Waals surface area contributed by atoms with E-state index in [1.165, 1.54) is 12.8 Å². The van der Waals surface area contributed by atoms with Crippen molar-refractivity contribution in [2.24, 2.45) is 11.8 Å². The lowest BCUT2D eigenvalue weighted by Gasteiger charge is -2.27. The molecule has 6 nitrogen and oxygen atoms in total. The molecular formula is C23H28N2O4. The van der Waals surface area contributed by atoms with Gasteiger partial charge in [-0.15, -0.1) is 0 Å². The van der Waals surface area contributed by atoms with E-state index in [9.17, 15) is 9.59 Å². The number of nitrogens with one attached hydrogen (secondary N) is 1. The number of hydrogen-bond donors (Lipinski definition) is 1. The van der Waals surface area contributed by atoms with Gasteiger partial charge in [0, 0.05) is 12.6 Å². The van der Waals surface area contributed by atoms with Gasteiger partial charge in [0.2, 0.25) is 11.8 Å². The van der Waals surface area contributed by atoms with E-state index in [2.05, 4.69) is 5.32 Å². The highest BCUT2D eigenvalue weighted by molar-refractivity contribution is 5.93. The Morgan fingerprint density at radius 2 is 2.03 bits per heavy atom. The average Bonchev–Trinajstić information content (AvgIpc) is 3.50. The predicted molar refractivity (Wildman–Crippen MR) is 107 cm³/mol. The second-order valence-electron chi connectivity index (χ2n) is 8.69. The van der Waals surface area contributed by atoms with E-state index in [4.69, 9.17) is 9.47 Å². The molecule has 0 unspecified atom stereocenters. The maximum atomic E-state index is 13.2. The smallest absolute Gasteiger partial charge is 0.230 e. The molecule has 4 aliphatic rings. The molecule has 6 heteroatoms. The minimum Gasteiger partial charge on any atom is -0.497 e. The van der Waals surface area contributed by atoms with Gasteiger partial charge in [0.05, 0.1) is 31.6 Å². The second-order valence-corrected chi connectivity index (χ2v) is 8.69. The van der Waals surface area contributed by atoms with Crippen LogP contribution in [0.15, 0.2) is 36.4 Å². The highest BCUT2D eigenvalue weighted by Gasteiger charge is 2.67. The number of rotatable bonds is 6. The van der Waals surface area contributed by atoms with Crippen LogP contribution in [0.4, 0.5) is 0 Å². The quantitative estimate of drug-likeness (QED) is 0.748. The molecule has 2 bridgehead atoms. The Morgan fingerprint density at radius 1 is 1.28 bits per heavy atom. The Bertz CT molecular complexity index is 830. The van der Waals surface area contributed by atoms with Gasteiger partial charge in [-0.25, -0.2) is 0 Å². The second kappa shape index (κ2) is 7.17. The molecule has 1 aromatic rings. The molecule has 3 fully saturated rings. The number of benzene rings is 1. The van der Waals surface area contributed by atoms with Crippen LogP contribution in [0.2, 0.25) is 0 Å². The van der Waals surface area contributed by atoms with E-state index in [1.54, 1.807) is 7.11 Å². The van der Waals surface area contributed by atoms with Gasteiger partial charge in [-0.3, -0.25) is 9.59 Å². The summed E-state index contributed by atoms with van der Waals surface area (Å²) in [6.07, 6.45) is 8.98. The largest absolute Gasteiger partial charge is 0.497 e. The van der Waals surface area contributed by atoms with Crippen LogP contribution in [0.25, 0.3) is 0 Å². The van der Waals surface area contributed by atoms with Crippen LogP contribution >= 0.6 is 0 Å². The van der Waals surface area contributed by atoms with Crippen LogP contribution in [0.1, 0.15) is 31.2 Å². The lowest BCUT2D eigenvalue weighted by molar-refractivity contribution is -0.138. The maximum absolute atomic E-state index is 13.2. The van der Waals surface area contributed by atoms with Crippen molar-refractivity contribution in [1.29, 1.82) is 0 Å². The molecule has 3 heterocycles. The van der Waals surface area contributed by atoms with Crippen molar-refractivity contribution in [3.63, 3.8) is 0 Å². The van der Waals surface area contributed by atoms with Crippen LogP contribution in [-0.4, -0.2) is 54.7 Å². The van der Waals surface area contributed by atoms with Crippen LogP contribution in [0.5, 0.6) is 5.75 Å². The Morgan fingerprint density at radius 3 is 2.76 bits per heavy atom. The fraction of sp³-hybridized carbons (Fsp3) is 0.565. The summed E-state index contributed by atoms with van der Waals surface area (Å²) in [5.41, 5.74) is 0.540. The van der Waals surface area contributed by atoms with Crippen LogP contribution in [0.3, 0.4) is 0 Å². The molecule has 1 aliphatic carbocycles. The number of hydrogen-bond acceptors (Lipinski definition) is 4. The number of carbonyl (C=O) groups excluding carboxylic acids is 2. The van der Waals surface area contributed by atoms with Crippen LogP contribution < -0.4 is 10.1 Å². The summed E-state index contributed by atoms with van der Waals surface area (Å²) in [4.78, 5) is 28.3. The molecule has 2 saturated heterocycles. The summed E-state index contributed by atoms with van der Waals surface area (Å²) in [6.45, 7) is 1.14. The third kappa shape index (κ3) is 3.05. The highest BCUT2D eigenvalue weighted by atomic mass is 16.5. The Hall–Kier alpha value is -2.34. The molecule has 0 radical (unpaired) electrons. The lowest BCUT2D eigenvalue weighted by atomic mass is 9.77. The number of ether oxygens (including phenoxy) is 2. The highest BCUT2D eigenvalue weighted by Crippen LogP contribution is 2.52. The summed E-state index contributed by atoms with van der Waals surface area (Å²) in [5, 5.41) is 3.05. The van der Waals surface area contributed by atoms with Crippen molar-refractivity contribution < 1.29 is 19.1 Å². The number of methoxy groups -OCH3 is 1. The van der Waals surface area contributed by atoms with Gasteiger partial charge in [0.1, 0.15) is 11.4 Å². The standard InChI is InChI=1S/C23H28N2O4/c1-28-17-8-6-15(7-9-17)11-13-24-21(26)19-18-10-12-23(29-18)14-25(22(27)20(19)23)16-4-2-3-5-16/h6-10,12,16,18-20H,2-5,11,13-14H2,1H3,(H,24,26)/t18-,19-,20+,23+/m0/s1. The average molecular weight is 396 g/mol. The first-order chi connectivity index (χ1) is 14.1. The number of likely N-dealkylation sites (tertiary alicyclic amines) is 1. The third-order valence-corrected chi connectivity index (χ3v) is 7.07. The van der Waals surface area contributed by atoms with Crippen molar-refractivity contribution in [2.45, 2.75) is 49.9 Å². The summed E-state index contributed by atoms with van der Waals surface area (Å²) >= 11 is 0. The molecule has 4 atom stereocenters. The molecule has 1 spiro atoms. The monoisotopic (exact) mass is 396 g/mol. The Kier molecular flexibility index (Phi) is 4.62. The van der Waals surface area contributed by atoms with Gasteiger partial charge in [-0.05, 0) is 37.0 Å². The van der Waals surface area contributed by atoms with Gasteiger partial charge < -0.3 is 19.7 Å². The van der Waals surface area contributed by atoms with Crippen LogP contribution in [0, 0.1) is 11.8 Å². The zero-order valence-corrected chi connectivity index (χ0v) is 16.8. The van der Waals surface area contributed by atoms with Gasteiger partial charge >= 0.3 is 0 Å². The molecular weight excluding hydrogens is 368 g/mol. The maximum Gasteiger partial charge on any atom is 0.230 e. The van der Waals surface area contributed by atoms with Crippen LogP contribution in [-0.2, 0) is 20.7 Å². The van der Waals surface area contributed by atoms with Crippen molar-refractivity contribution in [2.75, 3.05) is 20.2 Å². The summed E-state index contributed by atoms with van der Waals surface area (Å²) in [5.74, 6) is 0.0647. The number of amides is 2. The first-order valence-electron chi connectivity index (χ1n) is 10.7. The zero-order chi connectivity index (χ0) is 20.0. The van der Waals surface area contributed by atoms with E-state index < -0.39 is 11.5 Å². The molecule has 1 saturated carbocycles. The van der Waals surface area contributed by atoms with Crippen molar-refractivity contribution in [3.8, 4) is 5.75 Å². The summed E-state index contributed by atoms with van der Waals surface area (Å²) < 4.78 is 11.4. The molecule has 0 aromatic heterocycles.